The van der Waals surface area contributed by atoms with E-state index < -0.39 is 0 Å². The molecule has 6 heteroatoms. The van der Waals surface area contributed by atoms with E-state index in [1.54, 1.807) is 7.11 Å². The van der Waals surface area contributed by atoms with Gasteiger partial charge >= 0.3 is 0 Å². The van der Waals surface area contributed by atoms with Gasteiger partial charge in [0, 0.05) is 46.4 Å². The number of nitrogens with zero attached hydrogens (tertiary/aromatic N) is 2. The zero-order valence-electron chi connectivity index (χ0n) is 19.6. The van der Waals surface area contributed by atoms with Crippen LogP contribution in [0.15, 0.2) is 59.6 Å². The van der Waals surface area contributed by atoms with Crippen LogP contribution in [-0.2, 0) is 17.7 Å². The van der Waals surface area contributed by atoms with Crippen LogP contribution in [-0.4, -0.2) is 63.9 Å². The number of benzene rings is 2. The molecule has 1 aliphatic rings. The number of hydrogen-bond acceptors (Lipinski definition) is 4. The molecule has 6 nitrogen and oxygen atoms in total. The molecule has 0 spiro atoms. The van der Waals surface area contributed by atoms with E-state index in [2.05, 4.69) is 63.0 Å². The van der Waals surface area contributed by atoms with E-state index in [4.69, 9.17) is 9.47 Å². The molecule has 2 N–H and O–H groups in total. The molecule has 174 valence electrons. The van der Waals surface area contributed by atoms with Crippen molar-refractivity contribution in [3.63, 3.8) is 0 Å². The van der Waals surface area contributed by atoms with Crippen molar-refractivity contribution in [3.8, 4) is 5.75 Å². The smallest absolute Gasteiger partial charge is 0.190 e. The van der Waals surface area contributed by atoms with Gasteiger partial charge in [-0.3, -0.25) is 9.89 Å². The highest BCUT2D eigenvalue weighted by Gasteiger charge is 2.19. The molecule has 0 aromatic heterocycles. The molecule has 0 bridgehead atoms. The van der Waals surface area contributed by atoms with Crippen LogP contribution in [0.1, 0.15) is 30.4 Å². The number of ether oxygens (including phenoxy) is 2. The topological polar surface area (TPSA) is 58.1 Å². The minimum Gasteiger partial charge on any atom is -0.497 e. The van der Waals surface area contributed by atoms with Crippen LogP contribution in [0, 0.1) is 0 Å². The predicted molar refractivity (Wildman–Crippen MR) is 131 cm³/mol. The summed E-state index contributed by atoms with van der Waals surface area (Å²) in [4.78, 5) is 6.83. The zero-order chi connectivity index (χ0) is 22.4. The molecule has 32 heavy (non-hydrogen) atoms. The molecule has 2 aromatic carbocycles. The average Bonchev–Trinajstić information content (AvgIpc) is 2.85. The fraction of sp³-hybridized carbons (Fsp3) is 0.500. The van der Waals surface area contributed by atoms with Gasteiger partial charge in [-0.05, 0) is 48.9 Å². The number of methoxy groups -OCH3 is 1. The minimum absolute atomic E-state index is 0.393. The monoisotopic (exact) mass is 438 g/mol. The number of nitrogens with one attached hydrogen (secondary N) is 2. The molecule has 1 heterocycles. The van der Waals surface area contributed by atoms with Crippen molar-refractivity contribution >= 4 is 5.96 Å². The number of guanidine groups is 1. The van der Waals surface area contributed by atoms with Gasteiger partial charge in [-0.25, -0.2) is 0 Å². The van der Waals surface area contributed by atoms with Gasteiger partial charge in [0.1, 0.15) is 5.75 Å². The van der Waals surface area contributed by atoms with Crippen LogP contribution in [0.4, 0.5) is 0 Å². The van der Waals surface area contributed by atoms with Crippen LogP contribution in [0.2, 0.25) is 0 Å². The number of piperidine rings is 1. The second-order valence-electron chi connectivity index (χ2n) is 8.21. The summed E-state index contributed by atoms with van der Waals surface area (Å²) in [7, 11) is 3.50. The van der Waals surface area contributed by atoms with Crippen molar-refractivity contribution in [3.05, 3.63) is 65.7 Å². The van der Waals surface area contributed by atoms with E-state index in [0.717, 1.165) is 76.7 Å². The predicted octanol–water partition coefficient (Wildman–Crippen LogP) is 3.47. The van der Waals surface area contributed by atoms with Gasteiger partial charge in [0.2, 0.25) is 0 Å². The molecule has 0 atom stereocenters. The molecule has 0 unspecified atom stereocenters. The van der Waals surface area contributed by atoms with Gasteiger partial charge in [0.15, 0.2) is 5.96 Å². The summed E-state index contributed by atoms with van der Waals surface area (Å²) in [5, 5.41) is 6.75. The van der Waals surface area contributed by atoms with Gasteiger partial charge < -0.3 is 20.1 Å². The van der Waals surface area contributed by atoms with Crippen LogP contribution in [0.5, 0.6) is 5.75 Å². The highest BCUT2D eigenvalue weighted by atomic mass is 16.5. The molecule has 0 saturated carbocycles. The Morgan fingerprint density at radius 2 is 1.69 bits per heavy atom. The number of aliphatic imine (C=N–C) groups is 1. The van der Waals surface area contributed by atoms with Gasteiger partial charge in [0.05, 0.1) is 13.2 Å². The zero-order valence-corrected chi connectivity index (χ0v) is 19.6. The third kappa shape index (κ3) is 8.52. The lowest BCUT2D eigenvalue weighted by molar-refractivity contribution is 0.00534. The maximum Gasteiger partial charge on any atom is 0.190 e. The first-order valence-corrected chi connectivity index (χ1v) is 11.7. The highest BCUT2D eigenvalue weighted by molar-refractivity contribution is 5.79. The average molecular weight is 439 g/mol. The molecule has 0 amide bonds. The lowest BCUT2D eigenvalue weighted by atomic mass is 10.1. The normalized spacial score (nSPS) is 15.5. The van der Waals surface area contributed by atoms with Crippen molar-refractivity contribution in [1.29, 1.82) is 0 Å². The lowest BCUT2D eigenvalue weighted by Crippen LogP contribution is -2.39. The van der Waals surface area contributed by atoms with E-state index in [1.807, 2.05) is 19.2 Å². The molecule has 3 rings (SSSR count). The first kappa shape index (κ1) is 24.1. The molecule has 2 aromatic rings. The Bertz CT molecular complexity index is 787. The van der Waals surface area contributed by atoms with Gasteiger partial charge in [0.25, 0.3) is 0 Å². The third-order valence-electron chi connectivity index (χ3n) is 5.84. The molecule has 1 fully saturated rings. The van der Waals surface area contributed by atoms with Crippen molar-refractivity contribution in [2.24, 2.45) is 4.99 Å². The number of likely N-dealkylation sites (tertiary alicyclic amines) is 1. The second kappa shape index (κ2) is 13.8. The summed E-state index contributed by atoms with van der Waals surface area (Å²) in [5.74, 6) is 1.73. The quantitative estimate of drug-likeness (QED) is 0.320. The molecule has 0 aliphatic carbocycles. The fourth-order valence-electron chi connectivity index (χ4n) is 3.94. The van der Waals surface area contributed by atoms with Gasteiger partial charge in [-0.2, -0.15) is 0 Å². The van der Waals surface area contributed by atoms with Crippen molar-refractivity contribution < 1.29 is 9.47 Å². The molecule has 0 radical (unpaired) electrons. The molecule has 1 saturated heterocycles. The van der Waals surface area contributed by atoms with Crippen LogP contribution in [0.3, 0.4) is 0 Å². The summed E-state index contributed by atoms with van der Waals surface area (Å²) >= 11 is 0. The first-order chi connectivity index (χ1) is 15.8. The van der Waals surface area contributed by atoms with Crippen molar-refractivity contribution in [2.75, 3.05) is 46.9 Å². The first-order valence-electron chi connectivity index (χ1n) is 11.7. The Balaban J connectivity index is 1.22. The van der Waals surface area contributed by atoms with E-state index in [0.29, 0.717) is 6.10 Å². The Hall–Kier alpha value is -2.57. The van der Waals surface area contributed by atoms with Gasteiger partial charge in [-0.1, -0.05) is 42.5 Å². The summed E-state index contributed by atoms with van der Waals surface area (Å²) in [6.45, 7) is 5.76. The molecular weight excluding hydrogens is 400 g/mol. The van der Waals surface area contributed by atoms with E-state index in [1.165, 1.54) is 11.1 Å². The lowest BCUT2D eigenvalue weighted by Gasteiger charge is -2.32. The van der Waals surface area contributed by atoms with Gasteiger partial charge in [-0.15, -0.1) is 0 Å². The van der Waals surface area contributed by atoms with Crippen molar-refractivity contribution in [2.45, 2.75) is 38.3 Å². The molecular formula is C26H38N4O2. The SMILES string of the molecule is CN=C(NCCCOC1CCN(Cc2ccccc2)CC1)NCCc1ccc(OC)cc1. The van der Waals surface area contributed by atoms with Crippen LogP contribution >= 0.6 is 0 Å². The summed E-state index contributed by atoms with van der Waals surface area (Å²) < 4.78 is 11.3. The largest absolute Gasteiger partial charge is 0.497 e. The maximum atomic E-state index is 6.12. The van der Waals surface area contributed by atoms with Crippen LogP contribution in [0.25, 0.3) is 0 Å². The summed E-state index contributed by atoms with van der Waals surface area (Å²) in [6, 6.07) is 18.9. The second-order valence-corrected chi connectivity index (χ2v) is 8.21. The summed E-state index contributed by atoms with van der Waals surface area (Å²) in [6.07, 6.45) is 4.55. The van der Waals surface area contributed by atoms with E-state index >= 15 is 0 Å². The van der Waals surface area contributed by atoms with E-state index in [-0.39, 0.29) is 0 Å². The van der Waals surface area contributed by atoms with Crippen LogP contribution < -0.4 is 15.4 Å². The fourth-order valence-corrected chi connectivity index (χ4v) is 3.94. The standard InChI is InChI=1S/C26H38N4O2/c1-27-26(29-17-13-22-9-11-24(31-2)12-10-22)28-16-6-20-32-25-14-18-30(19-15-25)21-23-7-4-3-5-8-23/h3-5,7-12,25H,6,13-21H2,1-2H3,(H2,27,28,29). The van der Waals surface area contributed by atoms with E-state index in [9.17, 15) is 0 Å². The Morgan fingerprint density at radius 1 is 0.969 bits per heavy atom. The Labute approximate surface area is 193 Å². The highest BCUT2D eigenvalue weighted by Crippen LogP contribution is 2.16. The third-order valence-corrected chi connectivity index (χ3v) is 5.84. The molecule has 1 aliphatic heterocycles. The minimum atomic E-state index is 0.393. The Morgan fingerprint density at radius 3 is 2.38 bits per heavy atom. The Kier molecular flexibility index (Phi) is 10.4. The van der Waals surface area contributed by atoms with Crippen molar-refractivity contribution in [1.82, 2.24) is 15.5 Å². The number of rotatable bonds is 11. The number of hydrogen-bond donors (Lipinski definition) is 2. The summed E-state index contributed by atoms with van der Waals surface area (Å²) in [5.41, 5.74) is 2.67. The maximum absolute atomic E-state index is 6.12.